The first-order chi connectivity index (χ1) is 17.5. The van der Waals surface area contributed by atoms with Crippen molar-refractivity contribution in [3.63, 3.8) is 0 Å². The molecule has 1 amide bonds. The average Bonchev–Trinajstić information content (AvgIpc) is 3.19. The van der Waals surface area contributed by atoms with Crippen LogP contribution in [0.25, 0.3) is 0 Å². The average molecular weight is 523 g/mol. The molecular weight excluding hydrogens is 484 g/mol. The largest absolute Gasteiger partial charge is 0.494 e. The predicted molar refractivity (Wildman–Crippen MR) is 149 cm³/mol. The van der Waals surface area contributed by atoms with Gasteiger partial charge in [0.05, 0.1) is 28.0 Å². The van der Waals surface area contributed by atoms with Crippen LogP contribution in [0.3, 0.4) is 0 Å². The summed E-state index contributed by atoms with van der Waals surface area (Å²) in [5, 5.41) is 11.8. The fourth-order valence-corrected chi connectivity index (χ4v) is 3.87. The normalized spacial score (nSPS) is 20.4. The van der Waals surface area contributed by atoms with E-state index in [2.05, 4.69) is 5.32 Å². The third kappa shape index (κ3) is 6.31. The van der Waals surface area contributed by atoms with Crippen molar-refractivity contribution in [1.29, 1.82) is 0 Å². The van der Waals surface area contributed by atoms with Crippen LogP contribution in [0.15, 0.2) is 48.5 Å². The van der Waals surface area contributed by atoms with Gasteiger partial charge in [0.25, 0.3) is 5.91 Å². The van der Waals surface area contributed by atoms with E-state index in [0.29, 0.717) is 12.1 Å². The molecule has 2 saturated heterocycles. The molecule has 0 aliphatic carbocycles. The number of nitrogens with one attached hydrogen (secondary N) is 1. The monoisotopic (exact) mass is 523 g/mol. The number of hydrogen-bond donors (Lipinski definition) is 2. The highest BCUT2D eigenvalue weighted by atomic mass is 16.7. The van der Waals surface area contributed by atoms with Gasteiger partial charge in [-0.1, -0.05) is 24.3 Å². The van der Waals surface area contributed by atoms with Gasteiger partial charge < -0.3 is 29.0 Å². The van der Waals surface area contributed by atoms with Crippen LogP contribution >= 0.6 is 0 Å². The number of carbonyl (C=O) groups is 2. The minimum absolute atomic E-state index is 0.0779. The van der Waals surface area contributed by atoms with Crippen molar-refractivity contribution < 1.29 is 33.3 Å². The number of benzene rings is 2. The molecule has 10 heteroatoms. The van der Waals surface area contributed by atoms with Crippen molar-refractivity contribution >= 4 is 37.0 Å². The van der Waals surface area contributed by atoms with Gasteiger partial charge in [0.2, 0.25) is 0 Å². The molecule has 2 heterocycles. The third-order valence-corrected chi connectivity index (χ3v) is 7.67. The van der Waals surface area contributed by atoms with Crippen molar-refractivity contribution in [1.82, 2.24) is 5.32 Å². The van der Waals surface area contributed by atoms with Gasteiger partial charge in [0.1, 0.15) is 0 Å². The van der Waals surface area contributed by atoms with Crippen molar-refractivity contribution in [2.45, 2.75) is 84.7 Å². The van der Waals surface area contributed by atoms with E-state index in [-0.39, 0.29) is 22.7 Å². The van der Waals surface area contributed by atoms with Crippen LogP contribution in [0.4, 0.5) is 0 Å². The Labute approximate surface area is 226 Å². The molecule has 0 spiro atoms. The molecule has 2 aromatic rings. The minimum atomic E-state index is -0.951. The smallest absolute Gasteiger partial charge is 0.478 e. The second-order valence-corrected chi connectivity index (χ2v) is 11.6. The molecule has 2 aliphatic rings. The number of hydrogen-bond acceptors (Lipinski definition) is 6. The van der Waals surface area contributed by atoms with Crippen LogP contribution in [0.2, 0.25) is 0 Å². The van der Waals surface area contributed by atoms with Crippen molar-refractivity contribution in [3.8, 4) is 0 Å². The lowest BCUT2D eigenvalue weighted by molar-refractivity contribution is 0.00578. The first-order valence-electron chi connectivity index (χ1n) is 12.9. The summed E-state index contributed by atoms with van der Waals surface area (Å²) < 4.78 is 23.7. The number of carboxylic acids is 1. The van der Waals surface area contributed by atoms with Crippen molar-refractivity contribution in [2.75, 3.05) is 6.54 Å². The highest BCUT2D eigenvalue weighted by molar-refractivity contribution is 6.62. The lowest BCUT2D eigenvalue weighted by atomic mass is 9.78. The molecule has 0 bridgehead atoms. The van der Waals surface area contributed by atoms with E-state index in [4.69, 9.17) is 23.7 Å². The molecule has 2 fully saturated rings. The summed E-state index contributed by atoms with van der Waals surface area (Å²) in [5.74, 6) is -1.03. The summed E-state index contributed by atoms with van der Waals surface area (Å²) in [7, 11) is -0.955. The van der Waals surface area contributed by atoms with Crippen LogP contribution in [0, 0.1) is 0 Å². The maximum Gasteiger partial charge on any atom is 0.494 e. The third-order valence-electron chi connectivity index (χ3n) is 7.67. The Bertz CT molecular complexity index is 1150. The molecule has 4 rings (SSSR count). The summed E-state index contributed by atoms with van der Waals surface area (Å²) in [4.78, 5) is 22.8. The molecule has 0 atom stereocenters. The molecule has 2 N–H and O–H groups in total. The van der Waals surface area contributed by atoms with Crippen LogP contribution in [-0.4, -0.2) is 60.2 Å². The standard InChI is InChI=1S/C15H22BNO3.C13H17BO4/c1-6-17-13(18)11-8-7-9-12(10-11)16-19-14(2,3)15(4,5)20-16;1-12(2)13(3,4)18-14(17-12)10-7-5-6-9(8-10)11(15)16/h7-10H,6H2,1-5H3,(H,17,18);5-8H,1-4H3,(H,15,16). The van der Waals surface area contributed by atoms with Crippen LogP contribution < -0.4 is 16.2 Å². The van der Waals surface area contributed by atoms with Gasteiger partial charge in [-0.15, -0.1) is 0 Å². The number of rotatable bonds is 5. The zero-order valence-corrected chi connectivity index (χ0v) is 23.9. The Morgan fingerprint density at radius 2 is 1.08 bits per heavy atom. The highest BCUT2D eigenvalue weighted by Crippen LogP contribution is 2.37. The molecule has 0 radical (unpaired) electrons. The van der Waals surface area contributed by atoms with E-state index in [9.17, 15) is 9.59 Å². The van der Waals surface area contributed by atoms with Gasteiger partial charge in [-0.3, -0.25) is 4.79 Å². The molecule has 0 aromatic heterocycles. The summed E-state index contributed by atoms with van der Waals surface area (Å²) >= 11 is 0. The van der Waals surface area contributed by atoms with Gasteiger partial charge in [-0.2, -0.15) is 0 Å². The topological polar surface area (TPSA) is 103 Å². The van der Waals surface area contributed by atoms with Gasteiger partial charge >= 0.3 is 20.2 Å². The number of amides is 1. The zero-order valence-electron chi connectivity index (χ0n) is 23.9. The maximum atomic E-state index is 11.9. The van der Waals surface area contributed by atoms with Crippen LogP contribution in [0.5, 0.6) is 0 Å². The Morgan fingerprint density at radius 1 is 0.711 bits per heavy atom. The van der Waals surface area contributed by atoms with Gasteiger partial charge in [0, 0.05) is 12.1 Å². The Morgan fingerprint density at radius 3 is 1.45 bits per heavy atom. The summed E-state index contributed by atoms with van der Waals surface area (Å²) in [6, 6.07) is 14.0. The molecule has 38 heavy (non-hydrogen) atoms. The molecule has 0 unspecified atom stereocenters. The SMILES string of the molecule is CC1(C)OB(c2cccc(C(=O)O)c2)OC1(C)C.CCNC(=O)c1cccc(B2OC(C)(C)C(C)(C)O2)c1. The van der Waals surface area contributed by atoms with Crippen molar-refractivity contribution in [3.05, 3.63) is 59.7 Å². The summed E-state index contributed by atoms with van der Waals surface area (Å²) in [5.41, 5.74) is 0.870. The second-order valence-electron chi connectivity index (χ2n) is 11.6. The Balaban J connectivity index is 0.000000212. The maximum absolute atomic E-state index is 11.9. The summed E-state index contributed by atoms with van der Waals surface area (Å²) in [6.45, 7) is 18.4. The van der Waals surface area contributed by atoms with E-state index in [0.717, 1.165) is 10.9 Å². The van der Waals surface area contributed by atoms with Gasteiger partial charge in [-0.05, 0) is 97.5 Å². The van der Waals surface area contributed by atoms with Crippen LogP contribution in [-0.2, 0) is 18.6 Å². The minimum Gasteiger partial charge on any atom is -0.478 e. The lowest BCUT2D eigenvalue weighted by Crippen LogP contribution is -2.41. The van der Waals surface area contributed by atoms with E-state index < -0.39 is 31.4 Å². The number of carboxylic acid groups (broad SMARTS) is 1. The highest BCUT2D eigenvalue weighted by Gasteiger charge is 2.52. The molecule has 0 saturated carbocycles. The second kappa shape index (κ2) is 10.8. The summed E-state index contributed by atoms with van der Waals surface area (Å²) in [6.07, 6.45) is 0. The molecule has 2 aromatic carbocycles. The Kier molecular flexibility index (Phi) is 8.53. The molecule has 8 nitrogen and oxygen atoms in total. The van der Waals surface area contributed by atoms with E-state index >= 15 is 0 Å². The van der Waals surface area contributed by atoms with Crippen molar-refractivity contribution in [2.24, 2.45) is 0 Å². The predicted octanol–water partition coefficient (Wildman–Crippen LogP) is 3.42. The zero-order chi connectivity index (χ0) is 28.5. The van der Waals surface area contributed by atoms with Gasteiger partial charge in [0.15, 0.2) is 0 Å². The van der Waals surface area contributed by atoms with Crippen LogP contribution in [0.1, 0.15) is 83.0 Å². The van der Waals surface area contributed by atoms with E-state index in [1.165, 1.54) is 0 Å². The molecular formula is C28H39B2NO7. The quantitative estimate of drug-likeness (QED) is 0.580. The van der Waals surface area contributed by atoms with E-state index in [1.807, 2.05) is 86.6 Å². The lowest BCUT2D eigenvalue weighted by Gasteiger charge is -2.32. The number of carbonyl (C=O) groups excluding carboxylic acids is 1. The van der Waals surface area contributed by atoms with E-state index in [1.54, 1.807) is 24.3 Å². The first-order valence-corrected chi connectivity index (χ1v) is 12.9. The number of aromatic carboxylic acids is 1. The molecule has 204 valence electrons. The fourth-order valence-electron chi connectivity index (χ4n) is 3.87. The Hall–Kier alpha value is -2.65. The fraction of sp³-hybridized carbons (Fsp3) is 0.500. The first kappa shape index (κ1) is 29.9. The van der Waals surface area contributed by atoms with Gasteiger partial charge in [-0.25, -0.2) is 4.79 Å². The molecule has 2 aliphatic heterocycles.